The lowest BCUT2D eigenvalue weighted by Gasteiger charge is -2.26. The summed E-state index contributed by atoms with van der Waals surface area (Å²) in [5.74, 6) is -0.105. The van der Waals surface area contributed by atoms with E-state index in [0.717, 1.165) is 5.56 Å². The predicted molar refractivity (Wildman–Crippen MR) is 79.6 cm³/mol. The molecule has 0 saturated heterocycles. The van der Waals surface area contributed by atoms with Crippen LogP contribution in [0.15, 0.2) is 18.2 Å². The molecule has 0 spiro atoms. The zero-order chi connectivity index (χ0) is 13.1. The van der Waals surface area contributed by atoms with Gasteiger partial charge in [0.05, 0.1) is 5.54 Å². The first-order valence-corrected chi connectivity index (χ1v) is 7.75. The molecule has 1 rings (SSSR count). The van der Waals surface area contributed by atoms with E-state index in [9.17, 15) is 4.79 Å². The van der Waals surface area contributed by atoms with Gasteiger partial charge in [0.15, 0.2) is 0 Å². The zero-order valence-electron chi connectivity index (χ0n) is 9.69. The van der Waals surface area contributed by atoms with Crippen LogP contribution in [0.3, 0.4) is 0 Å². The molecule has 1 amide bonds. The molecule has 1 aromatic rings. The van der Waals surface area contributed by atoms with Crippen LogP contribution >= 0.6 is 43.5 Å². The van der Waals surface area contributed by atoms with Crippen LogP contribution in [0, 0.1) is 6.92 Å². The van der Waals surface area contributed by atoms with E-state index in [1.807, 2.05) is 13.8 Å². The Bertz CT molecular complexity index is 419. The van der Waals surface area contributed by atoms with Crippen LogP contribution in [0.4, 0.5) is 0 Å². The third kappa shape index (κ3) is 3.70. The predicted octanol–water partition coefficient (Wildman–Crippen LogP) is 3.93. The average molecular weight is 384 g/mol. The van der Waals surface area contributed by atoms with Crippen molar-refractivity contribution in [2.75, 3.05) is 10.7 Å². The first kappa shape index (κ1) is 15.0. The van der Waals surface area contributed by atoms with E-state index >= 15 is 0 Å². The van der Waals surface area contributed by atoms with Crippen molar-refractivity contribution in [2.45, 2.75) is 19.4 Å². The lowest BCUT2D eigenvalue weighted by Crippen LogP contribution is -2.49. The van der Waals surface area contributed by atoms with Gasteiger partial charge in [-0.15, -0.1) is 0 Å². The van der Waals surface area contributed by atoms with Crippen LogP contribution in [0.5, 0.6) is 0 Å². The Morgan fingerprint density at radius 2 is 2.00 bits per heavy atom. The molecule has 0 atom stereocenters. The van der Waals surface area contributed by atoms with E-state index in [-0.39, 0.29) is 11.4 Å². The van der Waals surface area contributed by atoms with Crippen molar-refractivity contribution in [1.29, 1.82) is 0 Å². The van der Waals surface area contributed by atoms with Gasteiger partial charge < -0.3 is 5.32 Å². The lowest BCUT2D eigenvalue weighted by molar-refractivity contribution is 0.0922. The Morgan fingerprint density at radius 1 is 1.41 bits per heavy atom. The molecule has 0 heterocycles. The fourth-order valence-corrected chi connectivity index (χ4v) is 2.68. The topological polar surface area (TPSA) is 29.1 Å². The number of rotatable bonds is 4. The minimum absolute atomic E-state index is 0.105. The molecule has 0 aliphatic rings. The van der Waals surface area contributed by atoms with Gasteiger partial charge in [0.25, 0.3) is 5.91 Å². The number of hydrogen-bond donors (Lipinski definition) is 1. The van der Waals surface area contributed by atoms with Gasteiger partial charge in [-0.3, -0.25) is 4.79 Å². The largest absolute Gasteiger partial charge is 0.345 e. The molecule has 17 heavy (non-hydrogen) atoms. The molecule has 0 saturated carbocycles. The van der Waals surface area contributed by atoms with Crippen molar-refractivity contribution in [3.8, 4) is 0 Å². The third-order valence-corrected chi connectivity index (χ3v) is 5.40. The summed E-state index contributed by atoms with van der Waals surface area (Å²) in [6.07, 6.45) is 0. The highest BCUT2D eigenvalue weighted by atomic mass is 79.9. The molecule has 0 aliphatic carbocycles. The van der Waals surface area contributed by atoms with Gasteiger partial charge in [-0.2, -0.15) is 0 Å². The summed E-state index contributed by atoms with van der Waals surface area (Å²) in [7, 11) is 0. The number of alkyl halides is 2. The maximum Gasteiger partial charge on any atom is 0.252 e. The molecular formula is C12H14Br2ClNO. The number of amides is 1. The van der Waals surface area contributed by atoms with Gasteiger partial charge in [-0.05, 0) is 31.5 Å². The lowest BCUT2D eigenvalue weighted by atomic mass is 10.0. The standard InChI is InChI=1S/C12H14Br2ClNO/c1-8-9(4-3-5-10(8)15)11(17)16-12(2,6-13)7-14/h3-5H,6-7H2,1-2H3,(H,16,17). The number of halogens is 3. The molecule has 0 aliphatic heterocycles. The minimum Gasteiger partial charge on any atom is -0.345 e. The van der Waals surface area contributed by atoms with Crippen molar-refractivity contribution in [3.05, 3.63) is 34.3 Å². The second-order valence-corrected chi connectivity index (χ2v) is 5.72. The summed E-state index contributed by atoms with van der Waals surface area (Å²) in [5.41, 5.74) is 1.11. The van der Waals surface area contributed by atoms with E-state index in [4.69, 9.17) is 11.6 Å². The second-order valence-electron chi connectivity index (χ2n) is 4.19. The smallest absolute Gasteiger partial charge is 0.252 e. The second kappa shape index (κ2) is 6.21. The van der Waals surface area contributed by atoms with Gasteiger partial charge in [-0.25, -0.2) is 0 Å². The van der Waals surface area contributed by atoms with E-state index in [1.54, 1.807) is 18.2 Å². The Labute approximate surface area is 123 Å². The Morgan fingerprint density at radius 3 is 2.53 bits per heavy atom. The van der Waals surface area contributed by atoms with Crippen molar-refractivity contribution >= 4 is 49.4 Å². The molecule has 0 fully saturated rings. The van der Waals surface area contributed by atoms with Crippen molar-refractivity contribution in [3.63, 3.8) is 0 Å². The van der Waals surface area contributed by atoms with Crippen molar-refractivity contribution in [1.82, 2.24) is 5.32 Å². The Hall–Kier alpha value is -0.0600. The number of carbonyl (C=O) groups excluding carboxylic acids is 1. The fourth-order valence-electron chi connectivity index (χ4n) is 1.30. The zero-order valence-corrected chi connectivity index (χ0v) is 13.6. The summed E-state index contributed by atoms with van der Waals surface area (Å²) in [6.45, 7) is 3.81. The van der Waals surface area contributed by atoms with E-state index in [1.165, 1.54) is 0 Å². The first-order chi connectivity index (χ1) is 7.93. The average Bonchev–Trinajstić information content (AvgIpc) is 2.32. The molecule has 1 aromatic carbocycles. The van der Waals surface area contributed by atoms with Gasteiger partial charge in [0, 0.05) is 21.2 Å². The highest BCUT2D eigenvalue weighted by molar-refractivity contribution is 9.09. The van der Waals surface area contributed by atoms with Crippen LogP contribution in [-0.4, -0.2) is 22.1 Å². The number of benzene rings is 1. The van der Waals surface area contributed by atoms with Crippen LogP contribution in [-0.2, 0) is 0 Å². The molecule has 2 nitrogen and oxygen atoms in total. The Kier molecular flexibility index (Phi) is 5.48. The third-order valence-electron chi connectivity index (χ3n) is 2.52. The normalized spacial score (nSPS) is 11.4. The monoisotopic (exact) mass is 381 g/mol. The molecule has 5 heteroatoms. The summed E-state index contributed by atoms with van der Waals surface area (Å²) in [6, 6.07) is 5.34. The summed E-state index contributed by atoms with van der Waals surface area (Å²) < 4.78 is 0. The SMILES string of the molecule is Cc1c(Cl)cccc1C(=O)NC(C)(CBr)CBr. The molecule has 0 radical (unpaired) electrons. The van der Waals surface area contributed by atoms with Crippen LogP contribution in [0.2, 0.25) is 5.02 Å². The number of carbonyl (C=O) groups is 1. The molecule has 1 N–H and O–H groups in total. The van der Waals surface area contributed by atoms with Crippen LogP contribution in [0.1, 0.15) is 22.8 Å². The Balaban J connectivity index is 2.94. The maximum atomic E-state index is 12.1. The number of hydrogen-bond acceptors (Lipinski definition) is 1. The number of nitrogens with one attached hydrogen (secondary N) is 1. The van der Waals surface area contributed by atoms with Gasteiger partial charge in [0.2, 0.25) is 0 Å². The van der Waals surface area contributed by atoms with E-state index in [0.29, 0.717) is 21.2 Å². The highest BCUT2D eigenvalue weighted by Gasteiger charge is 2.25. The quantitative estimate of drug-likeness (QED) is 0.785. The minimum atomic E-state index is -0.314. The van der Waals surface area contributed by atoms with Crippen LogP contribution in [0.25, 0.3) is 0 Å². The summed E-state index contributed by atoms with van der Waals surface area (Å²) >= 11 is 12.8. The fraction of sp³-hybridized carbons (Fsp3) is 0.417. The molecule has 0 bridgehead atoms. The van der Waals surface area contributed by atoms with Gasteiger partial charge in [-0.1, -0.05) is 49.5 Å². The maximum absolute atomic E-state index is 12.1. The first-order valence-electron chi connectivity index (χ1n) is 5.13. The molecule has 94 valence electrons. The molecular weight excluding hydrogens is 369 g/mol. The summed E-state index contributed by atoms with van der Waals surface area (Å²) in [5, 5.41) is 4.95. The van der Waals surface area contributed by atoms with E-state index < -0.39 is 0 Å². The van der Waals surface area contributed by atoms with Crippen molar-refractivity contribution < 1.29 is 4.79 Å². The highest BCUT2D eigenvalue weighted by Crippen LogP contribution is 2.20. The van der Waals surface area contributed by atoms with Crippen LogP contribution < -0.4 is 5.32 Å². The summed E-state index contributed by atoms with van der Waals surface area (Å²) in [4.78, 5) is 12.1. The van der Waals surface area contributed by atoms with Crippen molar-refractivity contribution in [2.24, 2.45) is 0 Å². The van der Waals surface area contributed by atoms with E-state index in [2.05, 4.69) is 37.2 Å². The molecule has 0 aromatic heterocycles. The van der Waals surface area contributed by atoms with Gasteiger partial charge >= 0.3 is 0 Å². The van der Waals surface area contributed by atoms with Gasteiger partial charge in [0.1, 0.15) is 0 Å². The molecule has 0 unspecified atom stereocenters.